The third-order valence-electron chi connectivity index (χ3n) is 3.05. The molecule has 0 spiro atoms. The Hall–Kier alpha value is -2.30. The highest BCUT2D eigenvalue weighted by atomic mass is 19.4. The second-order valence-corrected chi connectivity index (χ2v) is 4.61. The van der Waals surface area contributed by atoms with E-state index in [0.717, 1.165) is 17.7 Å². The number of ether oxygens (including phenoxy) is 1. The Morgan fingerprint density at radius 1 is 1.10 bits per heavy atom. The molecule has 0 aliphatic heterocycles. The minimum Gasteiger partial charge on any atom is -0.496 e. The van der Waals surface area contributed by atoms with Gasteiger partial charge in [-0.3, -0.25) is 4.79 Å². The number of hydrogen-bond acceptors (Lipinski definition) is 2. The Labute approximate surface area is 120 Å². The van der Waals surface area contributed by atoms with Gasteiger partial charge < -0.3 is 4.74 Å². The molecule has 0 amide bonds. The van der Waals surface area contributed by atoms with Crippen molar-refractivity contribution in [2.75, 3.05) is 7.11 Å². The van der Waals surface area contributed by atoms with Gasteiger partial charge in [-0.2, -0.15) is 13.2 Å². The molecule has 21 heavy (non-hydrogen) atoms. The quantitative estimate of drug-likeness (QED) is 0.791. The summed E-state index contributed by atoms with van der Waals surface area (Å²) in [7, 11) is 1.41. The molecule has 0 N–H and O–H groups in total. The van der Waals surface area contributed by atoms with E-state index >= 15 is 0 Å². The third kappa shape index (κ3) is 3.24. The third-order valence-corrected chi connectivity index (χ3v) is 3.05. The number of hydrogen-bond donors (Lipinski definition) is 0. The van der Waals surface area contributed by atoms with Crippen LogP contribution >= 0.6 is 0 Å². The molecule has 0 unspecified atom stereocenters. The van der Waals surface area contributed by atoms with Gasteiger partial charge in [-0.15, -0.1) is 0 Å². The molecule has 0 saturated heterocycles. The van der Waals surface area contributed by atoms with E-state index in [4.69, 9.17) is 4.74 Å². The second kappa shape index (κ2) is 5.60. The number of halogens is 3. The first-order valence-corrected chi connectivity index (χ1v) is 6.19. The number of aryl methyl sites for hydroxylation is 1. The van der Waals surface area contributed by atoms with Gasteiger partial charge in [-0.25, -0.2) is 0 Å². The van der Waals surface area contributed by atoms with Crippen molar-refractivity contribution in [2.45, 2.75) is 13.1 Å². The summed E-state index contributed by atoms with van der Waals surface area (Å²) in [5.41, 5.74) is 0.265. The molecule has 2 rings (SSSR count). The number of methoxy groups -OCH3 is 1. The largest absolute Gasteiger partial charge is 0.496 e. The molecule has 0 heterocycles. The van der Waals surface area contributed by atoms with Crippen LogP contribution in [0.3, 0.4) is 0 Å². The molecule has 2 aromatic carbocycles. The minimum atomic E-state index is -4.48. The number of rotatable bonds is 3. The summed E-state index contributed by atoms with van der Waals surface area (Å²) >= 11 is 0. The first-order chi connectivity index (χ1) is 9.82. The van der Waals surface area contributed by atoms with Crippen LogP contribution < -0.4 is 4.74 Å². The van der Waals surface area contributed by atoms with Gasteiger partial charge in [0, 0.05) is 5.56 Å². The monoisotopic (exact) mass is 294 g/mol. The Morgan fingerprint density at radius 2 is 1.81 bits per heavy atom. The Kier molecular flexibility index (Phi) is 4.02. The van der Waals surface area contributed by atoms with Gasteiger partial charge in [0.15, 0.2) is 5.78 Å². The summed E-state index contributed by atoms with van der Waals surface area (Å²) in [5, 5.41) is 0. The van der Waals surface area contributed by atoms with Gasteiger partial charge in [0.2, 0.25) is 0 Å². The lowest BCUT2D eigenvalue weighted by Gasteiger charge is -2.11. The summed E-state index contributed by atoms with van der Waals surface area (Å²) in [6.45, 7) is 1.83. The highest BCUT2D eigenvalue weighted by Crippen LogP contribution is 2.31. The summed E-state index contributed by atoms with van der Waals surface area (Å²) < 4.78 is 43.2. The van der Waals surface area contributed by atoms with E-state index in [1.165, 1.54) is 19.2 Å². The van der Waals surface area contributed by atoms with E-state index in [-0.39, 0.29) is 11.1 Å². The topological polar surface area (TPSA) is 26.3 Å². The number of carbonyl (C=O) groups is 1. The van der Waals surface area contributed by atoms with Crippen LogP contribution in [0, 0.1) is 6.92 Å². The highest BCUT2D eigenvalue weighted by molar-refractivity contribution is 6.10. The van der Waals surface area contributed by atoms with Crippen LogP contribution in [0.4, 0.5) is 13.2 Å². The number of ketones is 1. The van der Waals surface area contributed by atoms with Crippen LogP contribution in [0.5, 0.6) is 5.75 Å². The number of carbonyl (C=O) groups excluding carboxylic acids is 1. The fourth-order valence-electron chi connectivity index (χ4n) is 1.98. The predicted octanol–water partition coefficient (Wildman–Crippen LogP) is 4.25. The lowest BCUT2D eigenvalue weighted by molar-refractivity contribution is -0.137. The molecule has 0 saturated carbocycles. The van der Waals surface area contributed by atoms with E-state index in [1.807, 2.05) is 6.92 Å². The SMILES string of the molecule is COc1cc(C)ccc1C(=O)c1cccc(C(F)(F)F)c1. The summed E-state index contributed by atoms with van der Waals surface area (Å²) in [4.78, 5) is 12.4. The molecule has 0 radical (unpaired) electrons. The first-order valence-electron chi connectivity index (χ1n) is 6.19. The van der Waals surface area contributed by atoms with Gasteiger partial charge in [0.1, 0.15) is 5.75 Å². The van der Waals surface area contributed by atoms with Crippen molar-refractivity contribution < 1.29 is 22.7 Å². The molecule has 2 aromatic rings. The van der Waals surface area contributed by atoms with Crippen LogP contribution in [0.25, 0.3) is 0 Å². The van der Waals surface area contributed by atoms with Crippen molar-refractivity contribution in [2.24, 2.45) is 0 Å². The average molecular weight is 294 g/mol. The first kappa shape index (κ1) is 15.1. The zero-order valence-corrected chi connectivity index (χ0v) is 11.5. The lowest BCUT2D eigenvalue weighted by atomic mass is 9.99. The van der Waals surface area contributed by atoms with Crippen LogP contribution in [0.2, 0.25) is 0 Å². The van der Waals surface area contributed by atoms with Crippen LogP contribution in [-0.4, -0.2) is 12.9 Å². The van der Waals surface area contributed by atoms with Crippen molar-refractivity contribution in [1.82, 2.24) is 0 Å². The molecule has 0 aliphatic carbocycles. The molecule has 0 atom stereocenters. The molecular weight excluding hydrogens is 281 g/mol. The van der Waals surface area contributed by atoms with Crippen molar-refractivity contribution in [3.63, 3.8) is 0 Å². The fraction of sp³-hybridized carbons (Fsp3) is 0.188. The van der Waals surface area contributed by atoms with Crippen LogP contribution in [-0.2, 0) is 6.18 Å². The predicted molar refractivity (Wildman–Crippen MR) is 72.6 cm³/mol. The van der Waals surface area contributed by atoms with Crippen molar-refractivity contribution in [1.29, 1.82) is 0 Å². The zero-order chi connectivity index (χ0) is 15.6. The van der Waals surface area contributed by atoms with Crippen LogP contribution in [0.15, 0.2) is 42.5 Å². The smallest absolute Gasteiger partial charge is 0.416 e. The zero-order valence-electron chi connectivity index (χ0n) is 11.5. The van der Waals surface area contributed by atoms with Crippen molar-refractivity contribution >= 4 is 5.78 Å². The summed E-state index contributed by atoms with van der Waals surface area (Å²) in [5.74, 6) is -0.157. The number of benzene rings is 2. The van der Waals surface area contributed by atoms with E-state index < -0.39 is 17.5 Å². The van der Waals surface area contributed by atoms with Crippen molar-refractivity contribution in [3.8, 4) is 5.75 Å². The van der Waals surface area contributed by atoms with Gasteiger partial charge in [0.25, 0.3) is 0 Å². The Morgan fingerprint density at radius 3 is 2.43 bits per heavy atom. The maximum absolute atomic E-state index is 12.7. The van der Waals surface area contributed by atoms with E-state index in [2.05, 4.69) is 0 Å². The summed E-state index contributed by atoms with van der Waals surface area (Å²) in [6.07, 6.45) is -4.48. The molecular formula is C16H13F3O2. The maximum atomic E-state index is 12.7. The van der Waals surface area contributed by atoms with E-state index in [0.29, 0.717) is 5.75 Å². The Bertz CT molecular complexity index is 675. The molecule has 2 nitrogen and oxygen atoms in total. The molecule has 0 fully saturated rings. The Balaban J connectivity index is 2.46. The fourth-order valence-corrected chi connectivity index (χ4v) is 1.98. The number of alkyl halides is 3. The molecule has 0 bridgehead atoms. The standard InChI is InChI=1S/C16H13F3O2/c1-10-6-7-13(14(8-10)21-2)15(20)11-4-3-5-12(9-11)16(17,18)19/h3-9H,1-2H3. The molecule has 0 aromatic heterocycles. The normalized spacial score (nSPS) is 11.3. The lowest BCUT2D eigenvalue weighted by Crippen LogP contribution is -2.09. The van der Waals surface area contributed by atoms with Crippen LogP contribution in [0.1, 0.15) is 27.0 Å². The van der Waals surface area contributed by atoms with Gasteiger partial charge in [-0.05, 0) is 36.8 Å². The van der Waals surface area contributed by atoms with E-state index in [1.54, 1.807) is 18.2 Å². The van der Waals surface area contributed by atoms with Gasteiger partial charge in [-0.1, -0.05) is 18.2 Å². The molecule has 5 heteroatoms. The maximum Gasteiger partial charge on any atom is 0.416 e. The van der Waals surface area contributed by atoms with E-state index in [9.17, 15) is 18.0 Å². The van der Waals surface area contributed by atoms with Crippen molar-refractivity contribution in [3.05, 3.63) is 64.7 Å². The second-order valence-electron chi connectivity index (χ2n) is 4.61. The molecule has 110 valence electrons. The summed E-state index contributed by atoms with van der Waals surface area (Å²) in [6, 6.07) is 9.29. The minimum absolute atomic E-state index is 0.0213. The highest BCUT2D eigenvalue weighted by Gasteiger charge is 2.31. The average Bonchev–Trinajstić information content (AvgIpc) is 2.45. The van der Waals surface area contributed by atoms with Gasteiger partial charge in [0.05, 0.1) is 18.2 Å². The van der Waals surface area contributed by atoms with Gasteiger partial charge >= 0.3 is 6.18 Å². The molecule has 0 aliphatic rings.